The lowest BCUT2D eigenvalue weighted by atomic mass is 10.5. The number of rotatable bonds is 3. The van der Waals surface area contributed by atoms with Crippen LogP contribution < -0.4 is 0 Å². The van der Waals surface area contributed by atoms with Crippen LogP contribution in [0.4, 0.5) is 0 Å². The predicted octanol–water partition coefficient (Wildman–Crippen LogP) is 1.86. The number of hydrogen-bond donors (Lipinski definition) is 1. The molecule has 0 aromatic carbocycles. The molecule has 0 aliphatic carbocycles. The highest BCUT2D eigenvalue weighted by Crippen LogP contribution is 1.97. The average Bonchev–Trinajstić information content (AvgIpc) is 1.83. The zero-order valence-electron chi connectivity index (χ0n) is 5.35. The van der Waals surface area contributed by atoms with Crippen molar-refractivity contribution in [2.24, 2.45) is 0 Å². The van der Waals surface area contributed by atoms with Gasteiger partial charge in [0.25, 0.3) is 0 Å². The summed E-state index contributed by atoms with van der Waals surface area (Å²) in [7, 11) is 0. The third-order valence-corrected chi connectivity index (χ3v) is 1.12. The van der Waals surface area contributed by atoms with Gasteiger partial charge in [-0.2, -0.15) is 12.6 Å². The quantitative estimate of drug-likeness (QED) is 0.455. The maximum absolute atomic E-state index is 5.12. The van der Waals surface area contributed by atoms with Gasteiger partial charge in [0.15, 0.2) is 0 Å². The molecular weight excluding hydrogens is 120 g/mol. The van der Waals surface area contributed by atoms with Gasteiger partial charge in [-0.3, -0.25) is 0 Å². The van der Waals surface area contributed by atoms with Crippen molar-refractivity contribution in [1.82, 2.24) is 0 Å². The lowest BCUT2D eigenvalue weighted by Gasteiger charge is -2.02. The standard InChI is InChI=1S/C6H12OS/c1-3-6(5-8)7-4-2/h3,8H,4-5H2,1-2H3/b6-3-. The van der Waals surface area contributed by atoms with Gasteiger partial charge in [-0.05, 0) is 19.9 Å². The minimum Gasteiger partial charge on any atom is -0.498 e. The van der Waals surface area contributed by atoms with Crippen LogP contribution in [0, 0.1) is 0 Å². The first-order valence-electron chi connectivity index (χ1n) is 2.74. The zero-order valence-corrected chi connectivity index (χ0v) is 6.24. The van der Waals surface area contributed by atoms with Crippen molar-refractivity contribution in [2.45, 2.75) is 13.8 Å². The molecule has 0 aromatic heterocycles. The van der Waals surface area contributed by atoms with Crippen LogP contribution in [0.2, 0.25) is 0 Å². The van der Waals surface area contributed by atoms with Gasteiger partial charge in [0.2, 0.25) is 0 Å². The maximum atomic E-state index is 5.12. The van der Waals surface area contributed by atoms with E-state index in [0.29, 0.717) is 5.75 Å². The van der Waals surface area contributed by atoms with E-state index in [1.54, 1.807) is 0 Å². The molecule has 0 spiro atoms. The summed E-state index contributed by atoms with van der Waals surface area (Å²) in [6.07, 6.45) is 1.93. The molecule has 0 heterocycles. The number of allylic oxidation sites excluding steroid dienone is 1. The molecule has 0 bridgehead atoms. The van der Waals surface area contributed by atoms with Crippen LogP contribution in [-0.4, -0.2) is 12.4 Å². The van der Waals surface area contributed by atoms with E-state index in [1.165, 1.54) is 0 Å². The van der Waals surface area contributed by atoms with Crippen LogP contribution >= 0.6 is 12.6 Å². The van der Waals surface area contributed by atoms with Crippen LogP contribution in [0.1, 0.15) is 13.8 Å². The molecule has 0 atom stereocenters. The van der Waals surface area contributed by atoms with E-state index >= 15 is 0 Å². The molecule has 48 valence electrons. The zero-order chi connectivity index (χ0) is 6.41. The molecule has 1 nitrogen and oxygen atoms in total. The highest BCUT2D eigenvalue weighted by Gasteiger charge is 1.86. The summed E-state index contributed by atoms with van der Waals surface area (Å²) in [6.45, 7) is 4.65. The van der Waals surface area contributed by atoms with Crippen molar-refractivity contribution < 1.29 is 4.74 Å². The van der Waals surface area contributed by atoms with Gasteiger partial charge in [-0.15, -0.1) is 0 Å². The summed E-state index contributed by atoms with van der Waals surface area (Å²) in [5.41, 5.74) is 0. The van der Waals surface area contributed by atoms with Crippen molar-refractivity contribution in [1.29, 1.82) is 0 Å². The van der Waals surface area contributed by atoms with Gasteiger partial charge >= 0.3 is 0 Å². The molecular formula is C6H12OS. The number of thiol groups is 1. The summed E-state index contributed by atoms with van der Waals surface area (Å²) in [4.78, 5) is 0. The number of hydrogen-bond acceptors (Lipinski definition) is 2. The molecule has 0 N–H and O–H groups in total. The second kappa shape index (κ2) is 5.04. The molecule has 0 rings (SSSR count). The summed E-state index contributed by atoms with van der Waals surface area (Å²) in [6, 6.07) is 0. The Morgan fingerprint density at radius 2 is 2.38 bits per heavy atom. The Morgan fingerprint density at radius 1 is 1.75 bits per heavy atom. The van der Waals surface area contributed by atoms with E-state index < -0.39 is 0 Å². The first-order chi connectivity index (χ1) is 3.85. The Labute approximate surface area is 56.1 Å². The Kier molecular flexibility index (Phi) is 4.97. The van der Waals surface area contributed by atoms with Crippen LogP contribution in [-0.2, 0) is 4.74 Å². The highest BCUT2D eigenvalue weighted by molar-refractivity contribution is 7.80. The third kappa shape index (κ3) is 2.97. The first kappa shape index (κ1) is 7.89. The van der Waals surface area contributed by atoms with Crippen molar-refractivity contribution >= 4 is 12.6 Å². The van der Waals surface area contributed by atoms with Crippen LogP contribution in [0.15, 0.2) is 11.8 Å². The van der Waals surface area contributed by atoms with E-state index in [1.807, 2.05) is 19.9 Å². The fourth-order valence-electron chi connectivity index (χ4n) is 0.406. The monoisotopic (exact) mass is 132 g/mol. The molecule has 0 saturated heterocycles. The average molecular weight is 132 g/mol. The van der Waals surface area contributed by atoms with E-state index in [9.17, 15) is 0 Å². The summed E-state index contributed by atoms with van der Waals surface area (Å²) < 4.78 is 5.12. The van der Waals surface area contributed by atoms with Crippen LogP contribution in [0.25, 0.3) is 0 Å². The molecule has 0 unspecified atom stereocenters. The molecule has 0 radical (unpaired) electrons. The highest BCUT2D eigenvalue weighted by atomic mass is 32.1. The Hall–Kier alpha value is -0.110. The minimum absolute atomic E-state index is 0.699. The first-order valence-corrected chi connectivity index (χ1v) is 3.37. The summed E-state index contributed by atoms with van der Waals surface area (Å²) in [5.74, 6) is 1.65. The molecule has 0 aromatic rings. The Morgan fingerprint density at radius 3 is 2.50 bits per heavy atom. The molecule has 2 heteroatoms. The third-order valence-electron chi connectivity index (χ3n) is 0.808. The van der Waals surface area contributed by atoms with Gasteiger partial charge in [0.1, 0.15) is 5.76 Å². The second-order valence-corrected chi connectivity index (χ2v) is 1.66. The Bertz CT molecular complexity index is 78.6. The van der Waals surface area contributed by atoms with Crippen LogP contribution in [0.5, 0.6) is 0 Å². The lowest BCUT2D eigenvalue weighted by Crippen LogP contribution is -1.91. The minimum atomic E-state index is 0.699. The van der Waals surface area contributed by atoms with Crippen molar-refractivity contribution in [3.05, 3.63) is 11.8 Å². The smallest absolute Gasteiger partial charge is 0.101 e. The van der Waals surface area contributed by atoms with E-state index in [0.717, 1.165) is 12.4 Å². The fourth-order valence-corrected chi connectivity index (χ4v) is 0.680. The van der Waals surface area contributed by atoms with Gasteiger partial charge in [0.05, 0.1) is 6.61 Å². The topological polar surface area (TPSA) is 9.23 Å². The molecule has 0 amide bonds. The van der Waals surface area contributed by atoms with E-state index in [4.69, 9.17) is 4.74 Å². The molecule has 0 saturated carbocycles. The van der Waals surface area contributed by atoms with Crippen LogP contribution in [0.3, 0.4) is 0 Å². The Balaban J connectivity index is 3.38. The molecule has 0 fully saturated rings. The van der Waals surface area contributed by atoms with Crippen molar-refractivity contribution in [2.75, 3.05) is 12.4 Å². The second-order valence-electron chi connectivity index (χ2n) is 1.35. The van der Waals surface area contributed by atoms with Gasteiger partial charge in [0, 0.05) is 5.75 Å². The SMILES string of the molecule is C/C=C(/CS)OCC. The van der Waals surface area contributed by atoms with Gasteiger partial charge in [-0.1, -0.05) is 0 Å². The molecule has 8 heavy (non-hydrogen) atoms. The normalized spacial score (nSPS) is 11.6. The lowest BCUT2D eigenvalue weighted by molar-refractivity contribution is 0.233. The van der Waals surface area contributed by atoms with Gasteiger partial charge in [-0.25, -0.2) is 0 Å². The van der Waals surface area contributed by atoms with Gasteiger partial charge < -0.3 is 4.74 Å². The van der Waals surface area contributed by atoms with Crippen molar-refractivity contribution in [3.8, 4) is 0 Å². The van der Waals surface area contributed by atoms with E-state index in [-0.39, 0.29) is 0 Å². The van der Waals surface area contributed by atoms with Crippen molar-refractivity contribution in [3.63, 3.8) is 0 Å². The summed E-state index contributed by atoms with van der Waals surface area (Å²) >= 11 is 4.04. The molecule has 0 aliphatic heterocycles. The maximum Gasteiger partial charge on any atom is 0.101 e. The number of ether oxygens (including phenoxy) is 1. The van der Waals surface area contributed by atoms with E-state index in [2.05, 4.69) is 12.6 Å². The molecule has 0 aliphatic rings. The largest absolute Gasteiger partial charge is 0.498 e. The fraction of sp³-hybridized carbons (Fsp3) is 0.667. The predicted molar refractivity (Wildman–Crippen MR) is 39.2 cm³/mol. The summed E-state index contributed by atoms with van der Waals surface area (Å²) in [5, 5.41) is 0.